The van der Waals surface area contributed by atoms with Crippen LogP contribution in [-0.4, -0.2) is 11.5 Å². The van der Waals surface area contributed by atoms with E-state index in [0.717, 1.165) is 30.0 Å². The quantitative estimate of drug-likeness (QED) is 0.866. The first-order valence-electron chi connectivity index (χ1n) is 6.78. The standard InChI is InChI=1S/C16H19FN2O/c1-3-9-18-16-6-4-5-13(19-16)11-20-15-10-12(2)7-8-14(15)17/h4-8,10H,3,9,11H2,1-2H3,(H,18,19). The lowest BCUT2D eigenvalue weighted by Gasteiger charge is -2.09. The average molecular weight is 274 g/mol. The van der Waals surface area contributed by atoms with E-state index in [9.17, 15) is 4.39 Å². The molecule has 0 saturated heterocycles. The van der Waals surface area contributed by atoms with Gasteiger partial charge in [-0.25, -0.2) is 9.37 Å². The van der Waals surface area contributed by atoms with Crippen LogP contribution < -0.4 is 10.1 Å². The molecular weight excluding hydrogens is 255 g/mol. The summed E-state index contributed by atoms with van der Waals surface area (Å²) in [5.41, 5.74) is 1.74. The highest BCUT2D eigenvalue weighted by molar-refractivity contribution is 5.35. The van der Waals surface area contributed by atoms with Gasteiger partial charge in [-0.1, -0.05) is 19.1 Å². The van der Waals surface area contributed by atoms with Gasteiger partial charge in [0.25, 0.3) is 0 Å². The number of hydrogen-bond acceptors (Lipinski definition) is 3. The summed E-state index contributed by atoms with van der Waals surface area (Å²) in [6.45, 7) is 5.13. The van der Waals surface area contributed by atoms with Crippen molar-refractivity contribution in [2.24, 2.45) is 0 Å². The van der Waals surface area contributed by atoms with Crippen molar-refractivity contribution in [1.82, 2.24) is 4.98 Å². The van der Waals surface area contributed by atoms with Crippen molar-refractivity contribution in [1.29, 1.82) is 0 Å². The summed E-state index contributed by atoms with van der Waals surface area (Å²) >= 11 is 0. The second kappa shape index (κ2) is 6.89. The van der Waals surface area contributed by atoms with E-state index in [1.807, 2.05) is 25.1 Å². The smallest absolute Gasteiger partial charge is 0.165 e. The van der Waals surface area contributed by atoms with Crippen LogP contribution in [0.15, 0.2) is 36.4 Å². The van der Waals surface area contributed by atoms with Crippen LogP contribution in [0.1, 0.15) is 24.6 Å². The Labute approximate surface area is 118 Å². The molecule has 2 aromatic rings. The van der Waals surface area contributed by atoms with Crippen LogP contribution in [-0.2, 0) is 6.61 Å². The number of anilines is 1. The Morgan fingerprint density at radius 2 is 2.10 bits per heavy atom. The molecule has 3 nitrogen and oxygen atoms in total. The third-order valence-corrected chi connectivity index (χ3v) is 2.83. The lowest BCUT2D eigenvalue weighted by atomic mass is 10.2. The molecule has 1 heterocycles. The molecule has 106 valence electrons. The molecule has 0 spiro atoms. The molecule has 0 aliphatic carbocycles. The topological polar surface area (TPSA) is 34.1 Å². The molecular formula is C16H19FN2O. The normalized spacial score (nSPS) is 10.3. The second-order valence-electron chi connectivity index (χ2n) is 4.66. The molecule has 1 N–H and O–H groups in total. The number of aromatic nitrogens is 1. The monoisotopic (exact) mass is 274 g/mol. The number of rotatable bonds is 6. The fraction of sp³-hybridized carbons (Fsp3) is 0.312. The van der Waals surface area contributed by atoms with Crippen molar-refractivity contribution in [2.45, 2.75) is 26.9 Å². The maximum Gasteiger partial charge on any atom is 0.165 e. The van der Waals surface area contributed by atoms with E-state index < -0.39 is 0 Å². The Balaban J connectivity index is 2.01. The number of nitrogens with one attached hydrogen (secondary N) is 1. The van der Waals surface area contributed by atoms with Crippen LogP contribution in [0, 0.1) is 12.7 Å². The van der Waals surface area contributed by atoms with E-state index in [0.29, 0.717) is 0 Å². The van der Waals surface area contributed by atoms with Crippen LogP contribution in [0.25, 0.3) is 0 Å². The molecule has 0 saturated carbocycles. The molecule has 1 aromatic carbocycles. The van der Waals surface area contributed by atoms with Crippen molar-refractivity contribution in [3.8, 4) is 5.75 Å². The molecule has 0 atom stereocenters. The highest BCUT2D eigenvalue weighted by Gasteiger charge is 2.05. The minimum Gasteiger partial charge on any atom is -0.484 e. The first kappa shape index (κ1) is 14.3. The fourth-order valence-corrected chi connectivity index (χ4v) is 1.78. The number of ether oxygens (including phenoxy) is 1. The molecule has 20 heavy (non-hydrogen) atoms. The molecule has 0 unspecified atom stereocenters. The fourth-order valence-electron chi connectivity index (χ4n) is 1.78. The SMILES string of the molecule is CCCNc1cccc(COc2cc(C)ccc2F)n1. The molecule has 4 heteroatoms. The summed E-state index contributed by atoms with van der Waals surface area (Å²) in [6.07, 6.45) is 1.04. The molecule has 0 amide bonds. The molecule has 0 fully saturated rings. The van der Waals surface area contributed by atoms with Gasteiger partial charge in [-0.2, -0.15) is 0 Å². The first-order chi connectivity index (χ1) is 9.69. The summed E-state index contributed by atoms with van der Waals surface area (Å²) < 4.78 is 19.1. The zero-order valence-electron chi connectivity index (χ0n) is 11.8. The first-order valence-corrected chi connectivity index (χ1v) is 6.78. The molecule has 0 radical (unpaired) electrons. The second-order valence-corrected chi connectivity index (χ2v) is 4.66. The van der Waals surface area contributed by atoms with Gasteiger partial charge in [0, 0.05) is 6.54 Å². The van der Waals surface area contributed by atoms with Crippen molar-refractivity contribution in [3.63, 3.8) is 0 Å². The maximum atomic E-state index is 13.6. The van der Waals surface area contributed by atoms with Crippen molar-refractivity contribution < 1.29 is 9.13 Å². The van der Waals surface area contributed by atoms with Gasteiger partial charge in [-0.05, 0) is 43.2 Å². The van der Waals surface area contributed by atoms with Gasteiger partial charge < -0.3 is 10.1 Å². The number of halogens is 1. The van der Waals surface area contributed by atoms with Crippen LogP contribution in [0.4, 0.5) is 10.2 Å². The van der Waals surface area contributed by atoms with E-state index in [2.05, 4.69) is 17.2 Å². The molecule has 0 aliphatic rings. The largest absolute Gasteiger partial charge is 0.484 e. The van der Waals surface area contributed by atoms with Gasteiger partial charge in [0.1, 0.15) is 12.4 Å². The van der Waals surface area contributed by atoms with Crippen molar-refractivity contribution in [3.05, 3.63) is 53.5 Å². The Hall–Kier alpha value is -2.10. The van der Waals surface area contributed by atoms with Gasteiger partial charge in [0.15, 0.2) is 11.6 Å². The maximum absolute atomic E-state index is 13.6. The van der Waals surface area contributed by atoms with Gasteiger partial charge >= 0.3 is 0 Å². The van der Waals surface area contributed by atoms with E-state index in [4.69, 9.17) is 4.74 Å². The Bertz CT molecular complexity index is 572. The zero-order chi connectivity index (χ0) is 14.4. The predicted octanol–water partition coefficient (Wildman–Crippen LogP) is 3.93. The minimum absolute atomic E-state index is 0.252. The summed E-state index contributed by atoms with van der Waals surface area (Å²) in [5, 5.41) is 3.21. The summed E-state index contributed by atoms with van der Waals surface area (Å²) in [4.78, 5) is 4.42. The van der Waals surface area contributed by atoms with Crippen LogP contribution in [0.5, 0.6) is 5.75 Å². The lowest BCUT2D eigenvalue weighted by molar-refractivity contribution is 0.286. The van der Waals surface area contributed by atoms with Crippen molar-refractivity contribution >= 4 is 5.82 Å². The van der Waals surface area contributed by atoms with E-state index in [1.54, 1.807) is 12.1 Å². The van der Waals surface area contributed by atoms with Crippen molar-refractivity contribution in [2.75, 3.05) is 11.9 Å². The van der Waals surface area contributed by atoms with Crippen LogP contribution in [0.3, 0.4) is 0 Å². The number of pyridine rings is 1. The van der Waals surface area contributed by atoms with Gasteiger partial charge in [-0.15, -0.1) is 0 Å². The average Bonchev–Trinajstić information content (AvgIpc) is 2.46. The summed E-state index contributed by atoms with van der Waals surface area (Å²) in [5.74, 6) is 0.729. The Morgan fingerprint density at radius 1 is 1.25 bits per heavy atom. The van der Waals surface area contributed by atoms with E-state index in [-0.39, 0.29) is 18.2 Å². The Morgan fingerprint density at radius 3 is 2.90 bits per heavy atom. The molecule has 1 aromatic heterocycles. The van der Waals surface area contributed by atoms with Crippen LogP contribution >= 0.6 is 0 Å². The minimum atomic E-state index is -0.351. The molecule has 2 rings (SSSR count). The molecule has 0 aliphatic heterocycles. The number of nitrogens with zero attached hydrogens (tertiary/aromatic N) is 1. The predicted molar refractivity (Wildman–Crippen MR) is 78.5 cm³/mol. The highest BCUT2D eigenvalue weighted by Crippen LogP contribution is 2.19. The Kier molecular flexibility index (Phi) is 4.93. The summed E-state index contributed by atoms with van der Waals surface area (Å²) in [6, 6.07) is 10.5. The third kappa shape index (κ3) is 3.95. The molecule has 0 bridgehead atoms. The van der Waals surface area contributed by atoms with Crippen LogP contribution in [0.2, 0.25) is 0 Å². The number of benzene rings is 1. The third-order valence-electron chi connectivity index (χ3n) is 2.83. The van der Waals surface area contributed by atoms with Gasteiger partial charge in [0.2, 0.25) is 0 Å². The highest BCUT2D eigenvalue weighted by atomic mass is 19.1. The summed E-state index contributed by atoms with van der Waals surface area (Å²) in [7, 11) is 0. The number of aryl methyl sites for hydroxylation is 1. The van der Waals surface area contributed by atoms with Gasteiger partial charge in [0.05, 0.1) is 5.69 Å². The zero-order valence-corrected chi connectivity index (χ0v) is 11.8. The van der Waals surface area contributed by atoms with E-state index >= 15 is 0 Å². The number of hydrogen-bond donors (Lipinski definition) is 1. The lowest BCUT2D eigenvalue weighted by Crippen LogP contribution is -2.05. The van der Waals surface area contributed by atoms with Gasteiger partial charge in [-0.3, -0.25) is 0 Å². The van der Waals surface area contributed by atoms with E-state index in [1.165, 1.54) is 6.07 Å².